The molecule has 0 saturated heterocycles. The van der Waals surface area contributed by atoms with Gasteiger partial charge in [-0.3, -0.25) is 14.9 Å². The fourth-order valence-corrected chi connectivity index (χ4v) is 2.78. The number of non-ortho nitro benzene ring substituents is 1. The number of hydrogen-bond acceptors (Lipinski definition) is 4. The summed E-state index contributed by atoms with van der Waals surface area (Å²) in [5.41, 5.74) is 1.55. The summed E-state index contributed by atoms with van der Waals surface area (Å²) >= 11 is 12.2. The van der Waals surface area contributed by atoms with Crippen LogP contribution in [0, 0.1) is 17.0 Å². The summed E-state index contributed by atoms with van der Waals surface area (Å²) in [6.45, 7) is 1.67. The van der Waals surface area contributed by atoms with Crippen LogP contribution in [0.1, 0.15) is 16.1 Å². The summed E-state index contributed by atoms with van der Waals surface area (Å²) in [6, 6.07) is 12.4. The molecule has 0 aliphatic carbocycles. The number of rotatable bonds is 4. The number of amides is 1. The van der Waals surface area contributed by atoms with Crippen molar-refractivity contribution in [1.29, 1.82) is 0 Å². The van der Waals surface area contributed by atoms with Gasteiger partial charge in [-0.05, 0) is 42.8 Å². The van der Waals surface area contributed by atoms with Crippen LogP contribution in [-0.4, -0.2) is 10.8 Å². The van der Waals surface area contributed by atoms with E-state index in [2.05, 4.69) is 5.32 Å². The summed E-state index contributed by atoms with van der Waals surface area (Å²) in [5, 5.41) is 14.2. The highest BCUT2D eigenvalue weighted by Gasteiger charge is 2.16. The summed E-state index contributed by atoms with van der Waals surface area (Å²) in [6.07, 6.45) is 0. The SMILES string of the molecule is Cc1cc([N+](=O)[O-])ccc1NC(=O)c1ccc(-c2cccc(Cl)c2Cl)o1. The normalized spacial score (nSPS) is 10.6. The maximum absolute atomic E-state index is 12.4. The van der Waals surface area contributed by atoms with Gasteiger partial charge in [0.2, 0.25) is 0 Å². The fourth-order valence-electron chi connectivity index (χ4n) is 2.38. The second-order valence-electron chi connectivity index (χ2n) is 5.48. The molecule has 132 valence electrons. The molecule has 1 heterocycles. The Labute approximate surface area is 158 Å². The third kappa shape index (κ3) is 3.56. The van der Waals surface area contributed by atoms with E-state index >= 15 is 0 Å². The minimum Gasteiger partial charge on any atom is -0.451 e. The fraction of sp³-hybridized carbons (Fsp3) is 0.0556. The van der Waals surface area contributed by atoms with Gasteiger partial charge in [-0.15, -0.1) is 0 Å². The largest absolute Gasteiger partial charge is 0.451 e. The zero-order valence-corrected chi connectivity index (χ0v) is 15.0. The maximum Gasteiger partial charge on any atom is 0.291 e. The molecule has 0 unspecified atom stereocenters. The molecule has 0 fully saturated rings. The lowest BCUT2D eigenvalue weighted by atomic mass is 10.1. The first kappa shape index (κ1) is 18.0. The van der Waals surface area contributed by atoms with Gasteiger partial charge in [-0.25, -0.2) is 0 Å². The molecule has 3 aromatic rings. The van der Waals surface area contributed by atoms with Gasteiger partial charge in [-0.2, -0.15) is 0 Å². The number of benzene rings is 2. The molecule has 0 aliphatic heterocycles. The van der Waals surface area contributed by atoms with Crippen LogP contribution in [0.5, 0.6) is 0 Å². The highest BCUT2D eigenvalue weighted by molar-refractivity contribution is 6.43. The number of halogens is 2. The van der Waals surface area contributed by atoms with Crippen LogP contribution in [-0.2, 0) is 0 Å². The zero-order valence-electron chi connectivity index (χ0n) is 13.5. The van der Waals surface area contributed by atoms with Crippen LogP contribution in [0.2, 0.25) is 10.0 Å². The lowest BCUT2D eigenvalue weighted by molar-refractivity contribution is -0.384. The van der Waals surface area contributed by atoms with Crippen molar-refractivity contribution in [3.63, 3.8) is 0 Å². The van der Waals surface area contributed by atoms with Crippen LogP contribution in [0.15, 0.2) is 52.9 Å². The van der Waals surface area contributed by atoms with Crippen molar-refractivity contribution in [3.8, 4) is 11.3 Å². The van der Waals surface area contributed by atoms with Crippen molar-refractivity contribution in [2.75, 3.05) is 5.32 Å². The van der Waals surface area contributed by atoms with E-state index in [9.17, 15) is 14.9 Å². The number of nitrogens with one attached hydrogen (secondary N) is 1. The molecule has 2 aromatic carbocycles. The Morgan fingerprint density at radius 2 is 1.92 bits per heavy atom. The predicted molar refractivity (Wildman–Crippen MR) is 100.0 cm³/mol. The monoisotopic (exact) mass is 390 g/mol. The molecule has 1 aromatic heterocycles. The summed E-state index contributed by atoms with van der Waals surface area (Å²) in [7, 11) is 0. The van der Waals surface area contributed by atoms with Crippen LogP contribution in [0.3, 0.4) is 0 Å². The molecule has 0 bridgehead atoms. The number of nitro groups is 1. The van der Waals surface area contributed by atoms with Crippen molar-refractivity contribution in [1.82, 2.24) is 0 Å². The van der Waals surface area contributed by atoms with Crippen LogP contribution in [0.4, 0.5) is 11.4 Å². The van der Waals surface area contributed by atoms with Gasteiger partial charge in [0.1, 0.15) is 5.76 Å². The van der Waals surface area contributed by atoms with E-state index in [1.807, 2.05) is 0 Å². The third-order valence-corrected chi connectivity index (χ3v) is 4.53. The molecule has 0 atom stereocenters. The van der Waals surface area contributed by atoms with E-state index < -0.39 is 10.8 Å². The molecular formula is C18H12Cl2N2O4. The van der Waals surface area contributed by atoms with Gasteiger partial charge in [0.25, 0.3) is 11.6 Å². The van der Waals surface area contributed by atoms with E-state index in [0.717, 1.165) is 0 Å². The molecule has 8 heteroatoms. The van der Waals surface area contributed by atoms with Gasteiger partial charge in [0, 0.05) is 23.4 Å². The second-order valence-corrected chi connectivity index (χ2v) is 6.26. The van der Waals surface area contributed by atoms with Crippen LogP contribution >= 0.6 is 23.2 Å². The molecule has 1 amide bonds. The quantitative estimate of drug-likeness (QED) is 0.455. The van der Waals surface area contributed by atoms with E-state index in [0.29, 0.717) is 32.6 Å². The Hall–Kier alpha value is -2.83. The highest BCUT2D eigenvalue weighted by Crippen LogP contribution is 2.34. The molecule has 0 aliphatic rings. The van der Waals surface area contributed by atoms with E-state index in [1.165, 1.54) is 24.3 Å². The molecule has 0 saturated carbocycles. The van der Waals surface area contributed by atoms with Gasteiger partial charge in [0.15, 0.2) is 5.76 Å². The molecule has 0 spiro atoms. The van der Waals surface area contributed by atoms with Crippen LogP contribution in [0.25, 0.3) is 11.3 Å². The van der Waals surface area contributed by atoms with E-state index in [4.69, 9.17) is 27.6 Å². The molecule has 3 rings (SSSR count). The Bertz CT molecular complexity index is 1010. The first-order valence-corrected chi connectivity index (χ1v) is 8.23. The Morgan fingerprint density at radius 3 is 2.62 bits per heavy atom. The number of anilines is 1. The Morgan fingerprint density at radius 1 is 1.15 bits per heavy atom. The number of furan rings is 1. The summed E-state index contributed by atoms with van der Waals surface area (Å²) in [4.78, 5) is 22.7. The number of nitrogens with zero attached hydrogens (tertiary/aromatic N) is 1. The smallest absolute Gasteiger partial charge is 0.291 e. The minimum atomic E-state index is -0.494. The van der Waals surface area contributed by atoms with Gasteiger partial charge >= 0.3 is 0 Å². The van der Waals surface area contributed by atoms with Gasteiger partial charge < -0.3 is 9.73 Å². The average Bonchev–Trinajstić information content (AvgIpc) is 3.09. The van der Waals surface area contributed by atoms with Crippen molar-refractivity contribution < 1.29 is 14.1 Å². The minimum absolute atomic E-state index is 0.0450. The number of hydrogen-bond donors (Lipinski definition) is 1. The summed E-state index contributed by atoms with van der Waals surface area (Å²) < 4.78 is 5.58. The van der Waals surface area contributed by atoms with Crippen molar-refractivity contribution in [2.24, 2.45) is 0 Å². The molecule has 26 heavy (non-hydrogen) atoms. The summed E-state index contributed by atoms with van der Waals surface area (Å²) in [5.74, 6) is 0.00298. The third-order valence-electron chi connectivity index (χ3n) is 3.72. The van der Waals surface area contributed by atoms with E-state index in [1.54, 1.807) is 31.2 Å². The molecule has 0 radical (unpaired) electrons. The Kier molecular flexibility index (Phi) is 4.97. The first-order chi connectivity index (χ1) is 12.4. The van der Waals surface area contributed by atoms with E-state index in [-0.39, 0.29) is 11.4 Å². The number of nitro benzene ring substituents is 1. The highest BCUT2D eigenvalue weighted by atomic mass is 35.5. The lowest BCUT2D eigenvalue weighted by Gasteiger charge is -2.07. The van der Waals surface area contributed by atoms with Gasteiger partial charge in [-0.1, -0.05) is 29.3 Å². The number of carbonyl (C=O) groups is 1. The van der Waals surface area contributed by atoms with Crippen molar-refractivity contribution >= 4 is 40.5 Å². The first-order valence-electron chi connectivity index (χ1n) is 7.47. The Balaban J connectivity index is 1.83. The van der Waals surface area contributed by atoms with Gasteiger partial charge in [0.05, 0.1) is 15.0 Å². The number of carbonyl (C=O) groups excluding carboxylic acids is 1. The average molecular weight is 391 g/mol. The predicted octanol–water partition coefficient (Wildman–Crippen LogP) is 5.72. The van der Waals surface area contributed by atoms with Crippen molar-refractivity contribution in [2.45, 2.75) is 6.92 Å². The van der Waals surface area contributed by atoms with Crippen LogP contribution < -0.4 is 5.32 Å². The van der Waals surface area contributed by atoms with Crippen molar-refractivity contribution in [3.05, 3.63) is 80.0 Å². The molecule has 1 N–H and O–H groups in total. The second kappa shape index (κ2) is 7.19. The maximum atomic E-state index is 12.4. The standard InChI is InChI=1S/C18H12Cl2N2O4/c1-10-9-11(22(24)25)5-6-14(10)21-18(23)16-8-7-15(26-16)12-3-2-4-13(19)17(12)20/h2-9H,1H3,(H,21,23). The lowest BCUT2D eigenvalue weighted by Crippen LogP contribution is -2.11. The zero-order chi connectivity index (χ0) is 18.8. The topological polar surface area (TPSA) is 85.4 Å². The molecule has 6 nitrogen and oxygen atoms in total. The number of aryl methyl sites for hydroxylation is 1. The molecular weight excluding hydrogens is 379 g/mol.